The smallest absolute Gasteiger partial charge is 0.313 e. The first-order valence-electron chi connectivity index (χ1n) is 8.79. The van der Waals surface area contributed by atoms with E-state index in [0.717, 1.165) is 45.6 Å². The fraction of sp³-hybridized carbons (Fsp3) is 0.556. The molecule has 0 radical (unpaired) electrons. The minimum atomic E-state index is -0.686. The maximum atomic E-state index is 12.0. The molecule has 1 aromatic carbocycles. The lowest BCUT2D eigenvalue weighted by Crippen LogP contribution is -2.45. The fourth-order valence-corrected chi connectivity index (χ4v) is 3.57. The second-order valence-corrected chi connectivity index (χ2v) is 7.05. The highest BCUT2D eigenvalue weighted by molar-refractivity contribution is 6.41. The zero-order chi connectivity index (χ0) is 17.6. The summed E-state index contributed by atoms with van der Waals surface area (Å²) in [5, 5.41) is 5.68. The van der Waals surface area contributed by atoms with Gasteiger partial charge >= 0.3 is 11.8 Å². The normalized spacial score (nSPS) is 21.9. The third-order valence-corrected chi connectivity index (χ3v) is 5.28. The Labute approximate surface area is 152 Å². The van der Waals surface area contributed by atoms with Gasteiger partial charge in [-0.1, -0.05) is 23.7 Å². The highest BCUT2D eigenvalue weighted by Gasteiger charge is 2.28. The van der Waals surface area contributed by atoms with Crippen LogP contribution < -0.4 is 10.6 Å². The van der Waals surface area contributed by atoms with E-state index < -0.39 is 11.8 Å². The Morgan fingerprint density at radius 1 is 1.16 bits per heavy atom. The SMILES string of the molecule is O=C(NCC1CCN([C@@H]2CCOC2)CC1)C(=O)Nc1ccccc1Cl. The Bertz CT molecular complexity index is 611. The first-order chi connectivity index (χ1) is 12.1. The summed E-state index contributed by atoms with van der Waals surface area (Å²) in [6, 6.07) is 7.40. The molecule has 3 rings (SSSR count). The average molecular weight is 366 g/mol. The van der Waals surface area contributed by atoms with E-state index in [1.54, 1.807) is 24.3 Å². The molecule has 0 spiro atoms. The van der Waals surface area contributed by atoms with Crippen LogP contribution in [0.4, 0.5) is 5.69 Å². The Morgan fingerprint density at radius 2 is 1.92 bits per heavy atom. The molecule has 6 nitrogen and oxygen atoms in total. The Morgan fingerprint density at radius 3 is 2.60 bits per heavy atom. The van der Waals surface area contributed by atoms with Gasteiger partial charge in [0, 0.05) is 19.2 Å². The second kappa shape index (κ2) is 8.65. The van der Waals surface area contributed by atoms with Gasteiger partial charge in [-0.05, 0) is 50.4 Å². The molecular weight excluding hydrogens is 342 g/mol. The van der Waals surface area contributed by atoms with Crippen LogP contribution in [-0.2, 0) is 14.3 Å². The summed E-state index contributed by atoms with van der Waals surface area (Å²) in [5.74, 6) is -0.893. The van der Waals surface area contributed by atoms with Crippen molar-refractivity contribution in [3.05, 3.63) is 29.3 Å². The maximum absolute atomic E-state index is 12.0. The molecule has 2 amide bonds. The van der Waals surface area contributed by atoms with Gasteiger partial charge in [0.2, 0.25) is 0 Å². The summed E-state index contributed by atoms with van der Waals surface area (Å²) in [7, 11) is 0. The van der Waals surface area contributed by atoms with Crippen molar-refractivity contribution < 1.29 is 14.3 Å². The predicted molar refractivity (Wildman–Crippen MR) is 96.6 cm³/mol. The monoisotopic (exact) mass is 365 g/mol. The standard InChI is InChI=1S/C18H24ClN3O3/c19-15-3-1-2-4-16(15)21-18(24)17(23)20-11-13-5-8-22(9-6-13)14-7-10-25-12-14/h1-4,13-14H,5-12H2,(H,20,23)(H,21,24)/t14-/m1/s1. The number of benzene rings is 1. The number of para-hydroxylation sites is 1. The van der Waals surface area contributed by atoms with Crippen molar-refractivity contribution in [2.75, 3.05) is 38.2 Å². The molecule has 2 fully saturated rings. The number of halogens is 1. The molecule has 1 aromatic rings. The Kier molecular flexibility index (Phi) is 6.29. The number of nitrogens with one attached hydrogen (secondary N) is 2. The lowest BCUT2D eigenvalue weighted by atomic mass is 9.95. The zero-order valence-electron chi connectivity index (χ0n) is 14.2. The van der Waals surface area contributed by atoms with Gasteiger partial charge < -0.3 is 15.4 Å². The molecule has 7 heteroatoms. The van der Waals surface area contributed by atoms with Crippen LogP contribution in [0, 0.1) is 5.92 Å². The largest absolute Gasteiger partial charge is 0.380 e. The predicted octanol–water partition coefficient (Wildman–Crippen LogP) is 1.90. The lowest BCUT2D eigenvalue weighted by molar-refractivity contribution is -0.136. The van der Waals surface area contributed by atoms with E-state index in [9.17, 15) is 9.59 Å². The van der Waals surface area contributed by atoms with E-state index in [4.69, 9.17) is 16.3 Å². The zero-order valence-corrected chi connectivity index (χ0v) is 14.9. The molecule has 2 aliphatic rings. The van der Waals surface area contributed by atoms with Crippen molar-refractivity contribution in [2.24, 2.45) is 5.92 Å². The average Bonchev–Trinajstić information content (AvgIpc) is 3.16. The molecule has 0 saturated carbocycles. The molecule has 2 aliphatic heterocycles. The number of carbonyl (C=O) groups is 2. The van der Waals surface area contributed by atoms with Crippen molar-refractivity contribution in [2.45, 2.75) is 25.3 Å². The lowest BCUT2D eigenvalue weighted by Gasteiger charge is -2.35. The van der Waals surface area contributed by atoms with Gasteiger partial charge in [-0.2, -0.15) is 0 Å². The molecular formula is C18H24ClN3O3. The van der Waals surface area contributed by atoms with Gasteiger partial charge in [-0.3, -0.25) is 14.5 Å². The summed E-state index contributed by atoms with van der Waals surface area (Å²) < 4.78 is 5.45. The Hall–Kier alpha value is -1.63. The number of carbonyl (C=O) groups excluding carboxylic acids is 2. The van der Waals surface area contributed by atoms with Gasteiger partial charge in [0.1, 0.15) is 0 Å². The molecule has 2 saturated heterocycles. The van der Waals surface area contributed by atoms with E-state index in [2.05, 4.69) is 15.5 Å². The van der Waals surface area contributed by atoms with Crippen LogP contribution in [0.15, 0.2) is 24.3 Å². The van der Waals surface area contributed by atoms with E-state index >= 15 is 0 Å². The van der Waals surface area contributed by atoms with E-state index in [0.29, 0.717) is 29.2 Å². The minimum Gasteiger partial charge on any atom is -0.380 e. The molecule has 136 valence electrons. The maximum Gasteiger partial charge on any atom is 0.313 e. The quantitative estimate of drug-likeness (QED) is 0.799. The molecule has 0 unspecified atom stereocenters. The van der Waals surface area contributed by atoms with Crippen LogP contribution >= 0.6 is 11.6 Å². The van der Waals surface area contributed by atoms with Crippen LogP contribution in [0.3, 0.4) is 0 Å². The number of likely N-dealkylation sites (tertiary alicyclic amines) is 1. The van der Waals surface area contributed by atoms with Crippen LogP contribution in [0.2, 0.25) is 5.02 Å². The molecule has 2 heterocycles. The van der Waals surface area contributed by atoms with Crippen LogP contribution in [0.1, 0.15) is 19.3 Å². The summed E-state index contributed by atoms with van der Waals surface area (Å²) in [4.78, 5) is 26.4. The van der Waals surface area contributed by atoms with Gasteiger partial charge in [0.05, 0.1) is 17.3 Å². The van der Waals surface area contributed by atoms with Crippen LogP contribution in [-0.4, -0.2) is 55.6 Å². The fourth-order valence-electron chi connectivity index (χ4n) is 3.39. The number of amides is 2. The van der Waals surface area contributed by atoms with Crippen LogP contribution in [0.5, 0.6) is 0 Å². The van der Waals surface area contributed by atoms with E-state index in [1.165, 1.54) is 0 Å². The number of piperidine rings is 1. The number of rotatable bonds is 4. The molecule has 1 atom stereocenters. The molecule has 0 bridgehead atoms. The van der Waals surface area contributed by atoms with Gasteiger partial charge in [-0.25, -0.2) is 0 Å². The minimum absolute atomic E-state index is 0.409. The van der Waals surface area contributed by atoms with Crippen LogP contribution in [0.25, 0.3) is 0 Å². The highest BCUT2D eigenvalue weighted by atomic mass is 35.5. The summed E-state index contributed by atoms with van der Waals surface area (Å²) >= 11 is 5.98. The van der Waals surface area contributed by atoms with E-state index in [-0.39, 0.29) is 0 Å². The summed E-state index contributed by atoms with van der Waals surface area (Å²) in [6.45, 7) is 4.29. The number of hydrogen-bond donors (Lipinski definition) is 2. The summed E-state index contributed by atoms with van der Waals surface area (Å²) in [5.41, 5.74) is 0.441. The van der Waals surface area contributed by atoms with Crippen molar-refractivity contribution >= 4 is 29.1 Å². The van der Waals surface area contributed by atoms with Crippen molar-refractivity contribution in [3.8, 4) is 0 Å². The van der Waals surface area contributed by atoms with Crippen molar-refractivity contribution in [1.29, 1.82) is 0 Å². The second-order valence-electron chi connectivity index (χ2n) is 6.64. The molecule has 2 N–H and O–H groups in total. The number of nitrogens with zero attached hydrogens (tertiary/aromatic N) is 1. The number of ether oxygens (including phenoxy) is 1. The Balaban J connectivity index is 1.39. The number of hydrogen-bond acceptors (Lipinski definition) is 4. The van der Waals surface area contributed by atoms with Crippen molar-refractivity contribution in [3.63, 3.8) is 0 Å². The van der Waals surface area contributed by atoms with Gasteiger partial charge in [0.15, 0.2) is 0 Å². The first-order valence-corrected chi connectivity index (χ1v) is 9.17. The third kappa shape index (κ3) is 4.93. The molecule has 25 heavy (non-hydrogen) atoms. The topological polar surface area (TPSA) is 70.7 Å². The van der Waals surface area contributed by atoms with Crippen molar-refractivity contribution in [1.82, 2.24) is 10.2 Å². The third-order valence-electron chi connectivity index (χ3n) is 4.95. The van der Waals surface area contributed by atoms with Gasteiger partial charge in [-0.15, -0.1) is 0 Å². The molecule has 0 aromatic heterocycles. The number of anilines is 1. The van der Waals surface area contributed by atoms with Gasteiger partial charge in [0.25, 0.3) is 0 Å². The highest BCUT2D eigenvalue weighted by Crippen LogP contribution is 2.22. The van der Waals surface area contributed by atoms with E-state index in [1.807, 2.05) is 0 Å². The summed E-state index contributed by atoms with van der Waals surface area (Å²) in [6.07, 6.45) is 3.18. The molecule has 0 aliphatic carbocycles. The first kappa shape index (κ1) is 18.2.